The second-order valence-electron chi connectivity index (χ2n) is 7.49. The van der Waals surface area contributed by atoms with Crippen molar-refractivity contribution < 1.29 is 13.2 Å². The van der Waals surface area contributed by atoms with Gasteiger partial charge in [0.15, 0.2) is 0 Å². The van der Waals surface area contributed by atoms with Crippen LogP contribution in [0.4, 0.5) is 5.69 Å². The number of anilines is 1. The molecule has 0 saturated carbocycles. The van der Waals surface area contributed by atoms with Crippen LogP contribution in [0, 0.1) is 0 Å². The Morgan fingerprint density at radius 2 is 1.79 bits per heavy atom. The molecule has 0 unspecified atom stereocenters. The molecule has 2 heterocycles. The van der Waals surface area contributed by atoms with E-state index in [9.17, 15) is 13.2 Å². The minimum absolute atomic E-state index is 0.190. The maximum atomic E-state index is 12.9. The predicted octanol–water partition coefficient (Wildman–Crippen LogP) is 1.10. The number of piperazine rings is 1. The fourth-order valence-corrected chi connectivity index (χ4v) is 5.58. The van der Waals surface area contributed by atoms with Gasteiger partial charge in [-0.25, -0.2) is 8.42 Å². The molecule has 28 heavy (non-hydrogen) atoms. The van der Waals surface area contributed by atoms with Gasteiger partial charge in [-0.3, -0.25) is 9.10 Å². The topological polar surface area (TPSA) is 73.0 Å². The maximum absolute atomic E-state index is 12.9. The van der Waals surface area contributed by atoms with Crippen molar-refractivity contribution in [2.24, 2.45) is 0 Å². The summed E-state index contributed by atoms with van der Waals surface area (Å²) in [7, 11) is -1.56. The van der Waals surface area contributed by atoms with Gasteiger partial charge in [0.1, 0.15) is 6.54 Å². The average molecular weight is 403 g/mol. The normalized spacial score (nSPS) is 19.2. The monoisotopic (exact) mass is 402 g/mol. The number of benzene rings is 2. The van der Waals surface area contributed by atoms with E-state index in [-0.39, 0.29) is 17.3 Å². The average Bonchev–Trinajstić information content (AvgIpc) is 2.90. The van der Waals surface area contributed by atoms with Gasteiger partial charge in [-0.2, -0.15) is 0 Å². The van der Waals surface area contributed by atoms with Crippen LogP contribution < -0.4 is 9.62 Å². The molecule has 1 saturated heterocycles. The smallest absolute Gasteiger partial charge is 0.265 e. The Balaban J connectivity index is 1.34. The minimum Gasteiger partial charge on any atom is -0.354 e. The third-order valence-electron chi connectivity index (χ3n) is 5.54. The molecule has 0 aliphatic carbocycles. The number of likely N-dealkylation sites (N-methyl/N-ethyl adjacent to an activating group) is 1. The van der Waals surface area contributed by atoms with E-state index in [4.69, 9.17) is 0 Å². The third kappa shape index (κ3) is 3.59. The standard InChI is InChI=1S/C20H26N4O3S/c1-22-11-13-23(14-12-22)10-4-9-21-19(25)15-24-17-7-2-5-16-6-3-8-18(20(16)17)28(24,26)27/h2-3,5-8H,4,9-15H2,1H3,(H,21,25). The van der Waals surface area contributed by atoms with Crippen molar-refractivity contribution in [3.8, 4) is 0 Å². The Labute approximate surface area is 166 Å². The molecule has 1 N–H and O–H groups in total. The number of hydrogen-bond acceptors (Lipinski definition) is 5. The summed E-state index contributed by atoms with van der Waals surface area (Å²) in [5.41, 5.74) is 0.584. The summed E-state index contributed by atoms with van der Waals surface area (Å²) in [6.07, 6.45) is 0.859. The molecule has 0 radical (unpaired) electrons. The zero-order chi connectivity index (χ0) is 19.7. The Kier molecular flexibility index (Phi) is 5.27. The van der Waals surface area contributed by atoms with Crippen LogP contribution in [0.15, 0.2) is 41.3 Å². The summed E-state index contributed by atoms with van der Waals surface area (Å²) >= 11 is 0. The molecule has 4 rings (SSSR count). The van der Waals surface area contributed by atoms with Crippen LogP contribution in [0.2, 0.25) is 0 Å². The molecule has 1 fully saturated rings. The molecule has 0 bridgehead atoms. The van der Waals surface area contributed by atoms with Crippen LogP contribution in [0.1, 0.15) is 6.42 Å². The SMILES string of the molecule is CN1CCN(CCCNC(=O)CN2c3cccc4cccc(c34)S2(=O)=O)CC1. The highest BCUT2D eigenvalue weighted by atomic mass is 32.2. The van der Waals surface area contributed by atoms with E-state index in [0.717, 1.165) is 44.5 Å². The second kappa shape index (κ2) is 7.69. The van der Waals surface area contributed by atoms with Crippen molar-refractivity contribution in [3.63, 3.8) is 0 Å². The fraction of sp³-hybridized carbons (Fsp3) is 0.450. The molecular formula is C20H26N4O3S. The van der Waals surface area contributed by atoms with Crippen molar-refractivity contribution in [2.45, 2.75) is 11.3 Å². The molecule has 0 spiro atoms. The first-order chi connectivity index (χ1) is 13.5. The van der Waals surface area contributed by atoms with Gasteiger partial charge in [-0.05, 0) is 37.5 Å². The van der Waals surface area contributed by atoms with E-state index in [1.807, 2.05) is 18.2 Å². The molecule has 2 aliphatic heterocycles. The number of rotatable bonds is 6. The number of amides is 1. The predicted molar refractivity (Wildman–Crippen MR) is 110 cm³/mol. The molecule has 2 aliphatic rings. The minimum atomic E-state index is -3.69. The molecular weight excluding hydrogens is 376 g/mol. The molecule has 2 aromatic rings. The van der Waals surface area contributed by atoms with Crippen LogP contribution in [0.25, 0.3) is 10.8 Å². The quantitative estimate of drug-likeness (QED) is 0.733. The first-order valence-electron chi connectivity index (χ1n) is 9.69. The number of carbonyl (C=O) groups is 1. The molecule has 1 amide bonds. The summed E-state index contributed by atoms with van der Waals surface area (Å²) in [5.74, 6) is -0.272. The Morgan fingerprint density at radius 3 is 2.54 bits per heavy atom. The number of nitrogens with one attached hydrogen (secondary N) is 1. The molecule has 150 valence electrons. The van der Waals surface area contributed by atoms with E-state index in [1.165, 1.54) is 4.31 Å². The highest BCUT2D eigenvalue weighted by Gasteiger charge is 2.36. The summed E-state index contributed by atoms with van der Waals surface area (Å²) in [6, 6.07) is 10.7. The van der Waals surface area contributed by atoms with E-state index in [0.29, 0.717) is 17.6 Å². The Bertz CT molecular complexity index is 979. The molecule has 0 aromatic heterocycles. The van der Waals surface area contributed by atoms with Crippen molar-refractivity contribution in [1.82, 2.24) is 15.1 Å². The number of hydrogen-bond donors (Lipinski definition) is 1. The van der Waals surface area contributed by atoms with Gasteiger partial charge in [0, 0.05) is 38.1 Å². The van der Waals surface area contributed by atoms with Gasteiger partial charge >= 0.3 is 0 Å². The molecule has 2 aromatic carbocycles. The highest BCUT2D eigenvalue weighted by molar-refractivity contribution is 7.93. The van der Waals surface area contributed by atoms with Gasteiger partial charge in [0.05, 0.1) is 10.6 Å². The van der Waals surface area contributed by atoms with E-state index in [1.54, 1.807) is 18.2 Å². The summed E-state index contributed by atoms with van der Waals surface area (Å²) in [6.45, 7) is 5.57. The van der Waals surface area contributed by atoms with Crippen molar-refractivity contribution in [1.29, 1.82) is 0 Å². The van der Waals surface area contributed by atoms with Crippen molar-refractivity contribution >= 4 is 32.4 Å². The van der Waals surface area contributed by atoms with Gasteiger partial charge in [-0.1, -0.05) is 24.3 Å². The van der Waals surface area contributed by atoms with Crippen LogP contribution >= 0.6 is 0 Å². The lowest BCUT2D eigenvalue weighted by molar-refractivity contribution is -0.119. The van der Waals surface area contributed by atoms with Crippen molar-refractivity contribution in [3.05, 3.63) is 36.4 Å². The first kappa shape index (κ1) is 19.2. The third-order valence-corrected chi connectivity index (χ3v) is 7.34. The fourth-order valence-electron chi connectivity index (χ4n) is 3.92. The Hall–Kier alpha value is -2.16. The second-order valence-corrected chi connectivity index (χ2v) is 9.32. The highest BCUT2D eigenvalue weighted by Crippen LogP contribution is 2.41. The van der Waals surface area contributed by atoms with Gasteiger partial charge < -0.3 is 15.1 Å². The lowest BCUT2D eigenvalue weighted by Gasteiger charge is -2.32. The summed E-state index contributed by atoms with van der Waals surface area (Å²) in [4.78, 5) is 17.4. The van der Waals surface area contributed by atoms with Gasteiger partial charge in [0.2, 0.25) is 5.91 Å². The van der Waals surface area contributed by atoms with E-state index in [2.05, 4.69) is 22.2 Å². The molecule has 7 nitrogen and oxygen atoms in total. The molecule has 0 atom stereocenters. The number of nitrogens with zero attached hydrogens (tertiary/aromatic N) is 3. The van der Waals surface area contributed by atoms with Crippen LogP contribution in [0.3, 0.4) is 0 Å². The zero-order valence-electron chi connectivity index (χ0n) is 16.1. The number of carbonyl (C=O) groups excluding carboxylic acids is 1. The lowest BCUT2D eigenvalue weighted by Crippen LogP contribution is -2.45. The van der Waals surface area contributed by atoms with Gasteiger partial charge in [0.25, 0.3) is 10.0 Å². The van der Waals surface area contributed by atoms with E-state index >= 15 is 0 Å². The zero-order valence-corrected chi connectivity index (χ0v) is 16.9. The Morgan fingerprint density at radius 1 is 1.07 bits per heavy atom. The van der Waals surface area contributed by atoms with E-state index < -0.39 is 10.0 Å². The number of sulfonamides is 1. The largest absolute Gasteiger partial charge is 0.354 e. The summed E-state index contributed by atoms with van der Waals surface area (Å²) in [5, 5.41) is 4.44. The first-order valence-corrected chi connectivity index (χ1v) is 11.1. The van der Waals surface area contributed by atoms with Crippen LogP contribution in [-0.4, -0.2) is 77.0 Å². The molecule has 8 heteroatoms. The van der Waals surface area contributed by atoms with Crippen molar-refractivity contribution in [2.75, 3.05) is 57.2 Å². The van der Waals surface area contributed by atoms with Crippen LogP contribution in [-0.2, 0) is 14.8 Å². The van der Waals surface area contributed by atoms with Gasteiger partial charge in [-0.15, -0.1) is 0 Å². The maximum Gasteiger partial charge on any atom is 0.265 e. The van der Waals surface area contributed by atoms with Crippen LogP contribution in [0.5, 0.6) is 0 Å². The lowest BCUT2D eigenvalue weighted by atomic mass is 10.1. The summed E-state index contributed by atoms with van der Waals surface area (Å²) < 4.78 is 27.0.